The summed E-state index contributed by atoms with van der Waals surface area (Å²) in [6.07, 6.45) is -3.46. The highest BCUT2D eigenvalue weighted by atomic mass is 19.4. The van der Waals surface area contributed by atoms with Crippen LogP contribution < -0.4 is 0 Å². The van der Waals surface area contributed by atoms with E-state index in [1.165, 1.54) is 13.8 Å². The van der Waals surface area contributed by atoms with Crippen molar-refractivity contribution in [1.29, 1.82) is 0 Å². The van der Waals surface area contributed by atoms with Crippen LogP contribution in [0.5, 0.6) is 0 Å². The van der Waals surface area contributed by atoms with Crippen molar-refractivity contribution in [1.82, 2.24) is 0 Å². The molecule has 0 atom stereocenters. The lowest BCUT2D eigenvalue weighted by atomic mass is 9.80. The molecule has 0 heterocycles. The molecule has 0 fully saturated rings. The van der Waals surface area contributed by atoms with Gasteiger partial charge in [-0.3, -0.25) is 0 Å². The minimum Gasteiger partial charge on any atom is -0.170 e. The molecule has 0 aliphatic rings. The van der Waals surface area contributed by atoms with E-state index in [2.05, 4.69) is 20.8 Å². The molecule has 0 spiro atoms. The summed E-state index contributed by atoms with van der Waals surface area (Å²) >= 11 is 0. The van der Waals surface area contributed by atoms with E-state index in [4.69, 9.17) is 0 Å². The lowest BCUT2D eigenvalue weighted by Gasteiger charge is -2.29. The van der Waals surface area contributed by atoms with E-state index in [0.29, 0.717) is 5.56 Å². The van der Waals surface area contributed by atoms with E-state index in [-0.39, 0.29) is 5.41 Å². The molecule has 0 saturated carbocycles. The van der Waals surface area contributed by atoms with Crippen molar-refractivity contribution >= 4 is 0 Å². The highest BCUT2D eigenvalue weighted by Gasteiger charge is 2.48. The fraction of sp³-hybridized carbons (Fsp3) is 0.625. The van der Waals surface area contributed by atoms with Gasteiger partial charge in [0.2, 0.25) is 0 Å². The van der Waals surface area contributed by atoms with Crippen LogP contribution in [0.1, 0.15) is 51.3 Å². The molecular weight excluding hydrogens is 249 g/mol. The highest BCUT2D eigenvalue weighted by molar-refractivity contribution is 5.36. The first-order valence-electron chi connectivity index (χ1n) is 6.51. The molecule has 3 heteroatoms. The summed E-state index contributed by atoms with van der Waals surface area (Å²) in [4.78, 5) is 0. The van der Waals surface area contributed by atoms with Crippen molar-refractivity contribution < 1.29 is 13.2 Å². The molecule has 0 saturated heterocycles. The summed E-state index contributed by atoms with van der Waals surface area (Å²) in [5.74, 6) is 0. The summed E-state index contributed by atoms with van der Waals surface area (Å²) in [5, 5.41) is 0. The van der Waals surface area contributed by atoms with Gasteiger partial charge in [0.1, 0.15) is 0 Å². The normalized spacial score (nSPS) is 13.7. The van der Waals surface area contributed by atoms with Gasteiger partial charge >= 0.3 is 6.18 Å². The molecule has 1 aromatic carbocycles. The number of benzene rings is 1. The molecule has 0 aromatic heterocycles. The Kier molecular flexibility index (Phi) is 4.09. The number of hydrogen-bond acceptors (Lipinski definition) is 0. The van der Waals surface area contributed by atoms with Crippen LogP contribution in [0.4, 0.5) is 13.2 Å². The molecule has 0 bridgehead atoms. The van der Waals surface area contributed by atoms with Gasteiger partial charge in [-0.25, -0.2) is 0 Å². The van der Waals surface area contributed by atoms with Gasteiger partial charge < -0.3 is 0 Å². The van der Waals surface area contributed by atoms with Crippen molar-refractivity contribution in [3.8, 4) is 0 Å². The van der Waals surface area contributed by atoms with Gasteiger partial charge in [-0.15, -0.1) is 0 Å². The Morgan fingerprint density at radius 1 is 0.947 bits per heavy atom. The van der Waals surface area contributed by atoms with E-state index in [9.17, 15) is 13.2 Å². The van der Waals surface area contributed by atoms with Gasteiger partial charge in [0, 0.05) is 0 Å². The third-order valence-electron chi connectivity index (χ3n) is 3.50. The van der Waals surface area contributed by atoms with E-state index in [0.717, 1.165) is 17.5 Å². The van der Waals surface area contributed by atoms with Crippen molar-refractivity contribution in [3.63, 3.8) is 0 Å². The van der Waals surface area contributed by atoms with Crippen LogP contribution in [0.2, 0.25) is 0 Å². The first kappa shape index (κ1) is 16.1. The van der Waals surface area contributed by atoms with Gasteiger partial charge in [-0.2, -0.15) is 13.2 Å². The Balaban J connectivity index is 3.23. The largest absolute Gasteiger partial charge is 0.397 e. The van der Waals surface area contributed by atoms with E-state index in [1.54, 1.807) is 18.2 Å². The average molecular weight is 272 g/mol. The van der Waals surface area contributed by atoms with Crippen LogP contribution in [0, 0.1) is 12.3 Å². The van der Waals surface area contributed by atoms with Crippen molar-refractivity contribution in [2.45, 2.75) is 59.6 Å². The fourth-order valence-corrected chi connectivity index (χ4v) is 1.99. The average Bonchev–Trinajstić information content (AvgIpc) is 2.17. The van der Waals surface area contributed by atoms with Gasteiger partial charge in [0.05, 0.1) is 5.41 Å². The summed E-state index contributed by atoms with van der Waals surface area (Å²) in [7, 11) is 0. The zero-order valence-electron chi connectivity index (χ0n) is 12.6. The minimum absolute atomic E-state index is 0.0613. The SMILES string of the molecule is Cc1ccc(C(C)(C)C(F)(F)F)cc1CC(C)(C)C. The molecule has 0 N–H and O–H groups in total. The van der Waals surface area contributed by atoms with Crippen molar-refractivity contribution in [2.24, 2.45) is 5.41 Å². The molecule has 0 nitrogen and oxygen atoms in total. The number of halogens is 3. The zero-order chi connectivity index (χ0) is 15.1. The fourth-order valence-electron chi connectivity index (χ4n) is 1.99. The third-order valence-corrected chi connectivity index (χ3v) is 3.50. The van der Waals surface area contributed by atoms with Gasteiger partial charge in [-0.05, 0) is 49.3 Å². The maximum atomic E-state index is 13.1. The molecule has 0 unspecified atom stereocenters. The predicted octanol–water partition coefficient (Wildman–Crippen LogP) is 5.42. The summed E-state index contributed by atoms with van der Waals surface area (Å²) in [6, 6.07) is 5.10. The molecule has 0 aliphatic carbocycles. The van der Waals surface area contributed by atoms with Crippen LogP contribution in [0.25, 0.3) is 0 Å². The summed E-state index contributed by atoms with van der Waals surface area (Å²) in [5.41, 5.74) is 0.642. The number of hydrogen-bond donors (Lipinski definition) is 0. The second kappa shape index (κ2) is 4.84. The molecule has 0 aliphatic heterocycles. The second-order valence-corrected chi connectivity index (χ2v) is 7.00. The molecule has 108 valence electrons. The van der Waals surface area contributed by atoms with Crippen LogP contribution in [-0.4, -0.2) is 6.18 Å². The number of aryl methyl sites for hydroxylation is 1. The molecule has 19 heavy (non-hydrogen) atoms. The predicted molar refractivity (Wildman–Crippen MR) is 73.4 cm³/mol. The van der Waals surface area contributed by atoms with E-state index >= 15 is 0 Å². The Labute approximate surface area is 114 Å². The van der Waals surface area contributed by atoms with E-state index < -0.39 is 11.6 Å². The molecule has 0 amide bonds. The maximum absolute atomic E-state index is 13.1. The maximum Gasteiger partial charge on any atom is 0.397 e. The van der Waals surface area contributed by atoms with Crippen LogP contribution in [0.15, 0.2) is 18.2 Å². The molecule has 1 aromatic rings. The topological polar surface area (TPSA) is 0 Å². The third kappa shape index (κ3) is 3.74. The van der Waals surface area contributed by atoms with Crippen LogP contribution >= 0.6 is 0 Å². The molecule has 1 rings (SSSR count). The minimum atomic E-state index is -4.23. The smallest absolute Gasteiger partial charge is 0.170 e. The Morgan fingerprint density at radius 3 is 1.89 bits per heavy atom. The van der Waals surface area contributed by atoms with Gasteiger partial charge in [0.15, 0.2) is 0 Å². The van der Waals surface area contributed by atoms with E-state index in [1.807, 2.05) is 6.92 Å². The quantitative estimate of drug-likeness (QED) is 0.674. The van der Waals surface area contributed by atoms with Crippen molar-refractivity contribution in [2.75, 3.05) is 0 Å². The standard InChI is InChI=1S/C16H23F3/c1-11-7-8-13(15(5,6)16(17,18)19)9-12(11)10-14(2,3)4/h7-9H,10H2,1-6H3. The lowest BCUT2D eigenvalue weighted by Crippen LogP contribution is -2.36. The number of rotatable bonds is 2. The number of alkyl halides is 3. The van der Waals surface area contributed by atoms with Gasteiger partial charge in [0.25, 0.3) is 0 Å². The monoisotopic (exact) mass is 272 g/mol. The van der Waals surface area contributed by atoms with Crippen molar-refractivity contribution in [3.05, 3.63) is 34.9 Å². The van der Waals surface area contributed by atoms with Crippen LogP contribution in [0.3, 0.4) is 0 Å². The first-order chi connectivity index (χ1) is 8.34. The zero-order valence-corrected chi connectivity index (χ0v) is 12.6. The Bertz CT molecular complexity index is 448. The highest BCUT2D eigenvalue weighted by Crippen LogP contribution is 2.41. The summed E-state index contributed by atoms with van der Waals surface area (Å²) in [6.45, 7) is 10.7. The molecular formula is C16H23F3. The Morgan fingerprint density at radius 2 is 1.47 bits per heavy atom. The van der Waals surface area contributed by atoms with Gasteiger partial charge in [-0.1, -0.05) is 39.0 Å². The lowest BCUT2D eigenvalue weighted by molar-refractivity contribution is -0.180. The first-order valence-corrected chi connectivity index (χ1v) is 6.51. The van der Waals surface area contributed by atoms with Crippen LogP contribution in [-0.2, 0) is 11.8 Å². The second-order valence-electron chi connectivity index (χ2n) is 7.00. The summed E-state index contributed by atoms with van der Waals surface area (Å²) < 4.78 is 39.3. The Hall–Kier alpha value is -0.990. The molecule has 0 radical (unpaired) electrons.